The zero-order chi connectivity index (χ0) is 29.3. The molecule has 3 saturated carbocycles. The molecule has 1 unspecified atom stereocenters. The molecular formula is C29H33FN6O6. The number of methoxy groups -OCH3 is 1. The summed E-state index contributed by atoms with van der Waals surface area (Å²) in [6.45, 7) is 0.0866. The van der Waals surface area contributed by atoms with Gasteiger partial charge in [0.15, 0.2) is 11.6 Å². The summed E-state index contributed by atoms with van der Waals surface area (Å²) in [5, 5.41) is 15.5. The molecule has 2 bridgehead atoms. The van der Waals surface area contributed by atoms with Crippen molar-refractivity contribution in [2.24, 2.45) is 29.6 Å². The van der Waals surface area contributed by atoms with Gasteiger partial charge in [0.25, 0.3) is 5.91 Å². The Labute approximate surface area is 241 Å². The van der Waals surface area contributed by atoms with Crippen molar-refractivity contribution in [3.8, 4) is 11.8 Å². The average Bonchev–Trinajstić information content (AvgIpc) is 3.29. The van der Waals surface area contributed by atoms with Crippen molar-refractivity contribution in [3.63, 3.8) is 0 Å². The molecule has 42 heavy (non-hydrogen) atoms. The van der Waals surface area contributed by atoms with E-state index in [-0.39, 0.29) is 43.1 Å². The zero-order valence-corrected chi connectivity index (χ0v) is 23.2. The predicted octanol–water partition coefficient (Wildman–Crippen LogP) is 1.62. The van der Waals surface area contributed by atoms with Gasteiger partial charge in [0.05, 0.1) is 19.7 Å². The van der Waals surface area contributed by atoms with Crippen LogP contribution in [0.3, 0.4) is 0 Å². The first kappa shape index (κ1) is 26.9. The molecular weight excluding hydrogens is 547 g/mol. The topological polar surface area (TPSA) is 154 Å². The number of nitrogens with zero attached hydrogens (tertiary/aromatic N) is 4. The third-order valence-electron chi connectivity index (χ3n) is 10.3. The van der Waals surface area contributed by atoms with Crippen molar-refractivity contribution in [2.45, 2.75) is 68.4 Å². The number of nitrogens with one attached hydrogen (secondary N) is 2. The molecule has 0 aromatic carbocycles. The minimum atomic E-state index is -1.50. The Morgan fingerprint density at radius 3 is 2.86 bits per heavy atom. The maximum absolute atomic E-state index is 15.1. The van der Waals surface area contributed by atoms with E-state index in [4.69, 9.17) is 9.47 Å². The van der Waals surface area contributed by atoms with E-state index in [1.165, 1.54) is 23.1 Å². The molecule has 1 aromatic heterocycles. The van der Waals surface area contributed by atoms with E-state index < -0.39 is 59.6 Å². The third kappa shape index (κ3) is 4.17. The molecule has 4 heterocycles. The number of hydrogen-bond acceptors (Lipinski definition) is 8. The van der Waals surface area contributed by atoms with Crippen molar-refractivity contribution in [1.29, 1.82) is 5.26 Å². The summed E-state index contributed by atoms with van der Waals surface area (Å²) in [6, 6.07) is 2.58. The Bertz CT molecular complexity index is 1380. The first-order valence-electron chi connectivity index (χ1n) is 14.7. The molecule has 7 rings (SSSR count). The van der Waals surface area contributed by atoms with E-state index >= 15 is 4.39 Å². The van der Waals surface area contributed by atoms with Crippen LogP contribution in [0, 0.1) is 40.9 Å². The Hall–Kier alpha value is -3.95. The van der Waals surface area contributed by atoms with Gasteiger partial charge in [0, 0.05) is 19.2 Å². The minimum absolute atomic E-state index is 0.0520. The fourth-order valence-corrected chi connectivity index (χ4v) is 8.23. The lowest BCUT2D eigenvalue weighted by Gasteiger charge is -2.37. The fraction of sp³-hybridized carbons (Fsp3) is 0.655. The van der Waals surface area contributed by atoms with Crippen LogP contribution in [0.4, 0.5) is 15.0 Å². The van der Waals surface area contributed by atoms with Crippen molar-refractivity contribution < 1.29 is 33.0 Å². The van der Waals surface area contributed by atoms with Gasteiger partial charge in [-0.1, -0.05) is 12.8 Å². The second-order valence-electron chi connectivity index (χ2n) is 12.7. The second kappa shape index (κ2) is 9.81. The van der Waals surface area contributed by atoms with Gasteiger partial charge < -0.3 is 29.9 Å². The molecule has 6 aliphatic rings. The standard InChI is InChI=1S/C29H33FN6O6/c1-41-28(40)33-20(7-14-4-5-14)25(37)35-12-18-15-8-17(19(30)9-15)22(18)23(35)26(38)36-13-29(10-16(36)11-31)27(39)34-24-21(42-29)3-2-6-32-24/h2-3,6,14-20,22-23H,4-5,7-10,12-13H2,1H3,(H,33,40)(H,32,34,39)/t15-,16-,17+,18?,19+,20-,22-,23-,29+/m0/s1. The van der Waals surface area contributed by atoms with Crippen molar-refractivity contribution in [2.75, 3.05) is 25.5 Å². The molecule has 13 heteroatoms. The van der Waals surface area contributed by atoms with Gasteiger partial charge in [-0.05, 0) is 61.0 Å². The molecule has 0 radical (unpaired) electrons. The highest BCUT2D eigenvalue weighted by atomic mass is 19.1. The van der Waals surface area contributed by atoms with Gasteiger partial charge in [-0.2, -0.15) is 5.26 Å². The second-order valence-corrected chi connectivity index (χ2v) is 12.7. The lowest BCUT2D eigenvalue weighted by Crippen LogP contribution is -2.58. The molecule has 12 nitrogen and oxygen atoms in total. The maximum Gasteiger partial charge on any atom is 0.407 e. The number of alkyl halides is 1. The van der Waals surface area contributed by atoms with Gasteiger partial charge in [-0.15, -0.1) is 0 Å². The number of rotatable bonds is 5. The number of aromatic nitrogens is 1. The number of amides is 4. The zero-order valence-electron chi connectivity index (χ0n) is 23.2. The summed E-state index contributed by atoms with van der Waals surface area (Å²) in [5.41, 5.74) is -1.50. The normalized spacial score (nSPS) is 36.5. The fourth-order valence-electron chi connectivity index (χ4n) is 8.23. The number of carbonyl (C=O) groups excluding carboxylic acids is 4. The Morgan fingerprint density at radius 2 is 2.12 bits per heavy atom. The number of anilines is 1. The van der Waals surface area contributed by atoms with Gasteiger partial charge >= 0.3 is 6.09 Å². The highest BCUT2D eigenvalue weighted by Crippen LogP contribution is 2.59. The summed E-state index contributed by atoms with van der Waals surface area (Å²) in [6.07, 6.45) is 3.06. The summed E-state index contributed by atoms with van der Waals surface area (Å²) < 4.78 is 26.0. The molecule has 9 atom stereocenters. The highest BCUT2D eigenvalue weighted by molar-refractivity contribution is 6.01. The Balaban J connectivity index is 1.20. The van der Waals surface area contributed by atoms with Crippen molar-refractivity contribution in [1.82, 2.24) is 20.1 Å². The van der Waals surface area contributed by atoms with E-state index in [2.05, 4.69) is 21.7 Å². The summed E-state index contributed by atoms with van der Waals surface area (Å²) in [4.78, 5) is 61.0. The SMILES string of the molecule is COC(=O)N[C@@H](CC1CC1)C(=O)N1CC2[C@H]3C[C@@H]([C@@H]2[C@H]1C(=O)N1C[C@@]2(C[C@H]1C#N)Oc1cccnc1NC2=O)[C@H](F)C3. The average molecular weight is 581 g/mol. The van der Waals surface area contributed by atoms with Gasteiger partial charge in [-0.25, -0.2) is 14.2 Å². The van der Waals surface area contributed by atoms with Crippen LogP contribution in [0.1, 0.15) is 38.5 Å². The molecule has 222 valence electrons. The van der Waals surface area contributed by atoms with E-state index in [1.807, 2.05) is 0 Å². The van der Waals surface area contributed by atoms with Crippen LogP contribution < -0.4 is 15.4 Å². The quantitative estimate of drug-likeness (QED) is 0.533. The molecule has 1 spiro atoms. The van der Waals surface area contributed by atoms with Crippen LogP contribution in [0.15, 0.2) is 18.3 Å². The Kier molecular flexibility index (Phi) is 6.29. The van der Waals surface area contributed by atoms with Crippen molar-refractivity contribution in [3.05, 3.63) is 18.3 Å². The van der Waals surface area contributed by atoms with E-state index in [0.29, 0.717) is 30.9 Å². The van der Waals surface area contributed by atoms with Crippen LogP contribution in [0.5, 0.6) is 5.75 Å². The van der Waals surface area contributed by atoms with Gasteiger partial charge in [-0.3, -0.25) is 14.4 Å². The van der Waals surface area contributed by atoms with Crippen molar-refractivity contribution >= 4 is 29.6 Å². The first-order chi connectivity index (χ1) is 20.2. The molecule has 3 aliphatic carbocycles. The van der Waals surface area contributed by atoms with E-state index in [1.54, 1.807) is 12.1 Å². The van der Waals surface area contributed by atoms with Gasteiger partial charge in [0.1, 0.15) is 24.3 Å². The molecule has 4 amide bonds. The lowest BCUT2D eigenvalue weighted by atomic mass is 9.77. The number of halogens is 1. The Morgan fingerprint density at radius 1 is 1.31 bits per heavy atom. The number of pyridine rings is 1. The van der Waals surface area contributed by atoms with Crippen LogP contribution in [-0.4, -0.2) is 88.7 Å². The van der Waals surface area contributed by atoms with E-state index in [0.717, 1.165) is 12.8 Å². The number of carbonyl (C=O) groups is 4. The molecule has 5 fully saturated rings. The monoisotopic (exact) mass is 580 g/mol. The largest absolute Gasteiger partial charge is 0.472 e. The van der Waals surface area contributed by atoms with Crippen LogP contribution in [0.2, 0.25) is 0 Å². The van der Waals surface area contributed by atoms with Gasteiger partial charge in [0.2, 0.25) is 17.4 Å². The maximum atomic E-state index is 15.1. The third-order valence-corrected chi connectivity index (χ3v) is 10.3. The minimum Gasteiger partial charge on any atom is -0.472 e. The number of nitriles is 1. The first-order valence-corrected chi connectivity index (χ1v) is 14.7. The number of fused-ring (bicyclic) bond motifs is 6. The van der Waals surface area contributed by atoms with Crippen LogP contribution in [-0.2, 0) is 19.1 Å². The molecule has 3 aliphatic heterocycles. The van der Waals surface area contributed by atoms with Crippen LogP contribution in [0.25, 0.3) is 0 Å². The number of alkyl carbamates (subject to hydrolysis) is 1. The predicted molar refractivity (Wildman–Crippen MR) is 142 cm³/mol. The van der Waals surface area contributed by atoms with E-state index in [9.17, 15) is 24.4 Å². The summed E-state index contributed by atoms with van der Waals surface area (Å²) >= 11 is 0. The lowest BCUT2D eigenvalue weighted by molar-refractivity contribution is -0.147. The van der Waals surface area contributed by atoms with Crippen LogP contribution >= 0.6 is 0 Å². The smallest absolute Gasteiger partial charge is 0.407 e. The highest BCUT2D eigenvalue weighted by Gasteiger charge is 2.65. The number of likely N-dealkylation sites (tertiary alicyclic amines) is 2. The molecule has 2 saturated heterocycles. The summed E-state index contributed by atoms with van der Waals surface area (Å²) in [5.74, 6) is -1.27. The molecule has 2 N–H and O–H groups in total. The number of hydrogen-bond donors (Lipinski definition) is 2. The molecule has 1 aromatic rings. The summed E-state index contributed by atoms with van der Waals surface area (Å²) in [7, 11) is 1.23. The number of ether oxygens (including phenoxy) is 2.